The van der Waals surface area contributed by atoms with E-state index in [2.05, 4.69) is 15.3 Å². The van der Waals surface area contributed by atoms with Crippen LogP contribution in [0.15, 0.2) is 24.4 Å². The van der Waals surface area contributed by atoms with Gasteiger partial charge in [-0.05, 0) is 43.1 Å². The van der Waals surface area contributed by atoms with Crippen molar-refractivity contribution in [1.29, 1.82) is 0 Å². The van der Waals surface area contributed by atoms with Crippen molar-refractivity contribution in [3.05, 3.63) is 41.1 Å². The summed E-state index contributed by atoms with van der Waals surface area (Å²) in [6.07, 6.45) is 1.04. The Morgan fingerprint density at radius 3 is 2.82 bits per heavy atom. The molecule has 0 saturated heterocycles. The van der Waals surface area contributed by atoms with Gasteiger partial charge in [0, 0.05) is 24.8 Å². The highest BCUT2D eigenvalue weighted by atomic mass is 35.5. The van der Waals surface area contributed by atoms with Gasteiger partial charge in [-0.1, -0.05) is 6.07 Å². The molecule has 0 spiro atoms. The molecule has 0 unspecified atom stereocenters. The van der Waals surface area contributed by atoms with Crippen LogP contribution in [0.4, 0.5) is 21.6 Å². The number of carbonyl (C=O) groups excluding carboxylic acids is 1. The van der Waals surface area contributed by atoms with Crippen molar-refractivity contribution >= 4 is 34.7 Å². The Kier molecular flexibility index (Phi) is 4.92. The van der Waals surface area contributed by atoms with Crippen molar-refractivity contribution in [3.8, 4) is 0 Å². The first kappa shape index (κ1) is 16.2. The third kappa shape index (κ3) is 3.33. The van der Waals surface area contributed by atoms with Gasteiger partial charge in [0.25, 0.3) is 0 Å². The summed E-state index contributed by atoms with van der Waals surface area (Å²) in [6, 6.07) is 5.41. The van der Waals surface area contributed by atoms with Gasteiger partial charge in [0.2, 0.25) is 11.2 Å². The Morgan fingerprint density at radius 1 is 1.45 bits per heavy atom. The summed E-state index contributed by atoms with van der Waals surface area (Å²) in [5, 5.41) is 2.73. The van der Waals surface area contributed by atoms with Crippen molar-refractivity contribution in [3.63, 3.8) is 0 Å². The average molecular weight is 323 g/mol. The lowest BCUT2D eigenvalue weighted by Crippen LogP contribution is -2.21. The number of nitrogens with zero attached hydrogens (tertiary/aromatic N) is 3. The van der Waals surface area contributed by atoms with Crippen LogP contribution in [0.2, 0.25) is 5.28 Å². The second kappa shape index (κ2) is 6.70. The fraction of sp³-hybridized carbons (Fsp3) is 0.267. The predicted molar refractivity (Wildman–Crippen MR) is 85.2 cm³/mol. The smallest absolute Gasteiger partial charge is 0.224 e. The summed E-state index contributed by atoms with van der Waals surface area (Å²) in [6.45, 7) is 5.64. The maximum atomic E-state index is 14.0. The van der Waals surface area contributed by atoms with Crippen LogP contribution in [0, 0.1) is 12.7 Å². The molecule has 1 aromatic carbocycles. The van der Waals surface area contributed by atoms with Gasteiger partial charge in [-0.15, -0.1) is 0 Å². The van der Waals surface area contributed by atoms with Crippen molar-refractivity contribution < 1.29 is 9.18 Å². The number of carbonyl (C=O) groups is 1. The summed E-state index contributed by atoms with van der Waals surface area (Å²) in [4.78, 5) is 20.5. The number of aromatic nitrogens is 2. The first-order valence-corrected chi connectivity index (χ1v) is 7.14. The molecule has 0 saturated carbocycles. The lowest BCUT2D eigenvalue weighted by molar-refractivity contribution is -0.114. The van der Waals surface area contributed by atoms with E-state index >= 15 is 0 Å². The Bertz CT molecular complexity index is 708. The summed E-state index contributed by atoms with van der Waals surface area (Å²) >= 11 is 5.77. The van der Waals surface area contributed by atoms with Gasteiger partial charge in [-0.2, -0.15) is 4.98 Å². The van der Waals surface area contributed by atoms with E-state index in [4.69, 9.17) is 11.6 Å². The maximum absolute atomic E-state index is 14.0. The molecule has 2 aromatic rings. The van der Waals surface area contributed by atoms with E-state index in [1.165, 1.54) is 6.92 Å². The lowest BCUT2D eigenvalue weighted by Gasteiger charge is -2.25. The fourth-order valence-corrected chi connectivity index (χ4v) is 2.33. The number of amides is 1. The van der Waals surface area contributed by atoms with E-state index in [9.17, 15) is 9.18 Å². The highest BCUT2D eigenvalue weighted by Crippen LogP contribution is 2.32. The van der Waals surface area contributed by atoms with Gasteiger partial charge in [-0.3, -0.25) is 4.79 Å². The summed E-state index contributed by atoms with van der Waals surface area (Å²) in [5.74, 6) is -0.624. The van der Waals surface area contributed by atoms with Gasteiger partial charge < -0.3 is 10.2 Å². The van der Waals surface area contributed by atoms with Crippen molar-refractivity contribution in [2.24, 2.45) is 0 Å². The number of rotatable bonds is 4. The minimum absolute atomic E-state index is 0.0227. The molecule has 0 radical (unpaired) electrons. The number of hydrogen-bond donors (Lipinski definition) is 1. The predicted octanol–water partition coefficient (Wildman–Crippen LogP) is 3.69. The highest BCUT2D eigenvalue weighted by Gasteiger charge is 2.18. The van der Waals surface area contributed by atoms with E-state index in [1.807, 2.05) is 19.9 Å². The van der Waals surface area contributed by atoms with E-state index < -0.39 is 5.82 Å². The molecule has 5 nitrogen and oxygen atoms in total. The Hall–Kier alpha value is -2.21. The largest absolute Gasteiger partial charge is 0.326 e. The third-order valence-corrected chi connectivity index (χ3v) is 3.36. The molecule has 0 aliphatic carbocycles. The van der Waals surface area contributed by atoms with Crippen LogP contribution in [0.25, 0.3) is 0 Å². The van der Waals surface area contributed by atoms with Crippen LogP contribution < -0.4 is 10.2 Å². The van der Waals surface area contributed by atoms with E-state index in [1.54, 1.807) is 17.0 Å². The Balaban J connectivity index is 2.52. The van der Waals surface area contributed by atoms with E-state index in [-0.39, 0.29) is 17.0 Å². The molecular weight excluding hydrogens is 307 g/mol. The zero-order valence-electron chi connectivity index (χ0n) is 12.5. The summed E-state index contributed by atoms with van der Waals surface area (Å²) < 4.78 is 14.0. The van der Waals surface area contributed by atoms with Crippen LogP contribution in [-0.2, 0) is 4.79 Å². The number of halogens is 2. The molecule has 2 rings (SSSR count). The molecule has 1 heterocycles. The zero-order chi connectivity index (χ0) is 16.3. The first-order valence-electron chi connectivity index (χ1n) is 6.76. The van der Waals surface area contributed by atoms with Crippen LogP contribution >= 0.6 is 11.6 Å². The van der Waals surface area contributed by atoms with E-state index in [0.717, 1.165) is 17.4 Å². The average Bonchev–Trinajstić information content (AvgIpc) is 2.46. The van der Waals surface area contributed by atoms with Gasteiger partial charge in [0.15, 0.2) is 11.6 Å². The lowest BCUT2D eigenvalue weighted by atomic mass is 10.1. The number of hydrogen-bond acceptors (Lipinski definition) is 4. The zero-order valence-corrected chi connectivity index (χ0v) is 13.3. The number of anilines is 3. The second-order valence-electron chi connectivity index (χ2n) is 4.69. The minimum atomic E-state index is -0.560. The van der Waals surface area contributed by atoms with Gasteiger partial charge in [0.1, 0.15) is 0 Å². The topological polar surface area (TPSA) is 58.1 Å². The quantitative estimate of drug-likeness (QED) is 0.872. The second-order valence-corrected chi connectivity index (χ2v) is 5.02. The molecule has 116 valence electrons. The summed E-state index contributed by atoms with van der Waals surface area (Å²) in [5.41, 5.74) is 2.22. The standard InChI is InChI=1S/C15H16ClFN4O/c1-4-21(14-11(17)8-18-15(16)20-14)13-7-5-6-12(9(13)2)19-10(3)22/h5-8H,4H2,1-3H3,(H,19,22). The molecule has 1 aromatic heterocycles. The number of nitrogens with one attached hydrogen (secondary N) is 1. The fourth-order valence-electron chi connectivity index (χ4n) is 2.20. The van der Waals surface area contributed by atoms with E-state index in [0.29, 0.717) is 12.2 Å². The van der Waals surface area contributed by atoms with Crippen LogP contribution in [0.1, 0.15) is 19.4 Å². The molecule has 0 aliphatic rings. The third-order valence-electron chi connectivity index (χ3n) is 3.17. The van der Waals surface area contributed by atoms with Crippen LogP contribution in [-0.4, -0.2) is 22.4 Å². The van der Waals surface area contributed by atoms with Crippen LogP contribution in [0.5, 0.6) is 0 Å². The SMILES string of the molecule is CCN(c1cccc(NC(C)=O)c1C)c1nc(Cl)ncc1F. The maximum Gasteiger partial charge on any atom is 0.224 e. The normalized spacial score (nSPS) is 10.4. The molecular formula is C15H16ClFN4O. The Morgan fingerprint density at radius 2 is 2.18 bits per heavy atom. The highest BCUT2D eigenvalue weighted by molar-refractivity contribution is 6.28. The Labute approximate surface area is 133 Å². The molecule has 22 heavy (non-hydrogen) atoms. The molecule has 7 heteroatoms. The van der Waals surface area contributed by atoms with Crippen molar-refractivity contribution in [2.45, 2.75) is 20.8 Å². The summed E-state index contributed by atoms with van der Waals surface area (Å²) in [7, 11) is 0. The van der Waals surface area contributed by atoms with Gasteiger partial charge >= 0.3 is 0 Å². The molecule has 0 fully saturated rings. The molecule has 1 N–H and O–H groups in total. The van der Waals surface area contributed by atoms with Crippen molar-refractivity contribution in [2.75, 3.05) is 16.8 Å². The molecule has 0 atom stereocenters. The van der Waals surface area contributed by atoms with Gasteiger partial charge in [0.05, 0.1) is 6.20 Å². The minimum Gasteiger partial charge on any atom is -0.326 e. The van der Waals surface area contributed by atoms with Crippen LogP contribution in [0.3, 0.4) is 0 Å². The van der Waals surface area contributed by atoms with Gasteiger partial charge in [-0.25, -0.2) is 9.37 Å². The molecule has 0 aliphatic heterocycles. The number of benzene rings is 1. The van der Waals surface area contributed by atoms with Crippen molar-refractivity contribution in [1.82, 2.24) is 9.97 Å². The molecule has 0 bridgehead atoms. The first-order chi connectivity index (χ1) is 10.4. The monoisotopic (exact) mass is 322 g/mol. The molecule has 1 amide bonds.